The molecule has 0 aliphatic carbocycles. The van der Waals surface area contributed by atoms with Crippen molar-refractivity contribution in [2.24, 2.45) is 7.05 Å². The molecule has 0 spiro atoms. The summed E-state index contributed by atoms with van der Waals surface area (Å²) in [5.74, 6) is 0.654. The molecule has 4 aromatic rings. The quantitative estimate of drug-likeness (QED) is 0.415. The first-order chi connectivity index (χ1) is 16.3. The molecule has 2 aromatic heterocycles. The second-order valence-electron chi connectivity index (χ2n) is 9.00. The zero-order valence-corrected chi connectivity index (χ0v) is 20.4. The molecule has 0 radical (unpaired) electrons. The highest BCUT2D eigenvalue weighted by molar-refractivity contribution is 7.88. The third kappa shape index (κ3) is 4.56. The minimum atomic E-state index is -3.19. The van der Waals surface area contributed by atoms with Crippen LogP contribution in [0.3, 0.4) is 0 Å². The lowest BCUT2D eigenvalue weighted by atomic mass is 10.0. The Hall–Kier alpha value is -3.23. The maximum atomic E-state index is 11.9. The number of aromatic nitrogens is 3. The van der Waals surface area contributed by atoms with E-state index in [2.05, 4.69) is 48.4 Å². The van der Waals surface area contributed by atoms with Gasteiger partial charge in [-0.1, -0.05) is 42.5 Å². The summed E-state index contributed by atoms with van der Waals surface area (Å²) in [5.41, 5.74) is 6.16. The van der Waals surface area contributed by atoms with Crippen LogP contribution < -0.4 is 4.74 Å². The smallest absolute Gasteiger partial charge is 0.236 e. The normalized spacial score (nSPS) is 16.9. The average molecular weight is 477 g/mol. The second-order valence-corrected chi connectivity index (χ2v) is 11.0. The molecule has 1 fully saturated rings. The van der Waals surface area contributed by atoms with Crippen LogP contribution in [0.1, 0.15) is 29.0 Å². The van der Waals surface area contributed by atoms with Crippen LogP contribution in [0, 0.1) is 6.92 Å². The van der Waals surface area contributed by atoms with E-state index in [1.807, 2.05) is 31.4 Å². The molecule has 1 atom stereocenters. The predicted molar refractivity (Wildman–Crippen MR) is 133 cm³/mol. The van der Waals surface area contributed by atoms with Gasteiger partial charge in [0.1, 0.15) is 6.61 Å². The van der Waals surface area contributed by atoms with Crippen molar-refractivity contribution in [2.45, 2.75) is 25.9 Å². The number of hydrogen-bond donors (Lipinski definition) is 0. The highest BCUT2D eigenvalue weighted by Gasteiger charge is 2.32. The minimum Gasteiger partial charge on any atom is -0.472 e. The Morgan fingerprint density at radius 2 is 1.88 bits per heavy atom. The van der Waals surface area contributed by atoms with Gasteiger partial charge < -0.3 is 4.74 Å². The lowest BCUT2D eigenvalue weighted by Crippen LogP contribution is -2.27. The van der Waals surface area contributed by atoms with Crippen molar-refractivity contribution in [2.75, 3.05) is 19.3 Å². The first-order valence-electron chi connectivity index (χ1n) is 11.3. The molecular formula is C26H28N4O3S. The summed E-state index contributed by atoms with van der Waals surface area (Å²) in [5, 5.41) is 5.62. The van der Waals surface area contributed by atoms with Crippen LogP contribution in [0.5, 0.6) is 5.88 Å². The highest BCUT2D eigenvalue weighted by Crippen LogP contribution is 2.34. The van der Waals surface area contributed by atoms with Crippen molar-refractivity contribution in [3.05, 3.63) is 77.5 Å². The van der Waals surface area contributed by atoms with E-state index in [1.54, 1.807) is 4.68 Å². The number of para-hydroxylation sites is 1. The van der Waals surface area contributed by atoms with Gasteiger partial charge in [0, 0.05) is 48.8 Å². The van der Waals surface area contributed by atoms with Gasteiger partial charge in [-0.05, 0) is 36.6 Å². The van der Waals surface area contributed by atoms with Crippen LogP contribution in [0.25, 0.3) is 22.2 Å². The summed E-state index contributed by atoms with van der Waals surface area (Å²) in [6, 6.07) is 18.6. The first-order valence-corrected chi connectivity index (χ1v) is 13.2. The Bertz CT molecular complexity index is 1440. The van der Waals surface area contributed by atoms with E-state index >= 15 is 0 Å². The van der Waals surface area contributed by atoms with Crippen LogP contribution >= 0.6 is 0 Å². The molecule has 8 heteroatoms. The summed E-state index contributed by atoms with van der Waals surface area (Å²) >= 11 is 0. The topological polar surface area (TPSA) is 77.3 Å². The van der Waals surface area contributed by atoms with Crippen LogP contribution in [-0.4, -0.2) is 46.8 Å². The fourth-order valence-electron chi connectivity index (χ4n) is 4.59. The van der Waals surface area contributed by atoms with Gasteiger partial charge in [-0.3, -0.25) is 4.68 Å². The van der Waals surface area contributed by atoms with Gasteiger partial charge in [0.15, 0.2) is 0 Å². The van der Waals surface area contributed by atoms with Gasteiger partial charge in [0.2, 0.25) is 15.9 Å². The van der Waals surface area contributed by atoms with Crippen LogP contribution in [0.4, 0.5) is 0 Å². The minimum absolute atomic E-state index is 0.0859. The van der Waals surface area contributed by atoms with Crippen molar-refractivity contribution in [1.29, 1.82) is 0 Å². The Kier molecular flexibility index (Phi) is 5.87. The first kappa shape index (κ1) is 22.6. The van der Waals surface area contributed by atoms with Crippen molar-refractivity contribution in [1.82, 2.24) is 19.1 Å². The second kappa shape index (κ2) is 8.85. The Morgan fingerprint density at radius 3 is 2.62 bits per heavy atom. The van der Waals surface area contributed by atoms with Gasteiger partial charge in [0.05, 0.1) is 17.5 Å². The predicted octanol–water partition coefficient (Wildman–Crippen LogP) is 4.27. The molecule has 7 nitrogen and oxygen atoms in total. The van der Waals surface area contributed by atoms with E-state index in [0.717, 1.165) is 45.3 Å². The third-order valence-electron chi connectivity index (χ3n) is 6.40. The van der Waals surface area contributed by atoms with Crippen LogP contribution in [0.15, 0.2) is 60.8 Å². The number of hydrogen-bond acceptors (Lipinski definition) is 5. The summed E-state index contributed by atoms with van der Waals surface area (Å²) in [6.07, 6.45) is 3.96. The van der Waals surface area contributed by atoms with Gasteiger partial charge in [0.25, 0.3) is 0 Å². The lowest BCUT2D eigenvalue weighted by molar-refractivity contribution is 0.286. The number of pyridine rings is 1. The molecule has 0 N–H and O–H groups in total. The Balaban J connectivity index is 1.31. The molecule has 0 saturated carbocycles. The third-order valence-corrected chi connectivity index (χ3v) is 7.67. The van der Waals surface area contributed by atoms with Gasteiger partial charge in [-0.2, -0.15) is 0 Å². The Labute approximate surface area is 200 Å². The molecule has 34 heavy (non-hydrogen) atoms. The zero-order valence-electron chi connectivity index (χ0n) is 19.6. The number of benzene rings is 2. The molecule has 1 aliphatic rings. The molecule has 0 amide bonds. The number of rotatable bonds is 6. The van der Waals surface area contributed by atoms with Crippen LogP contribution in [0.2, 0.25) is 0 Å². The fourth-order valence-corrected chi connectivity index (χ4v) is 5.47. The maximum Gasteiger partial charge on any atom is 0.236 e. The van der Waals surface area contributed by atoms with E-state index in [-0.39, 0.29) is 5.92 Å². The molecule has 3 heterocycles. The van der Waals surface area contributed by atoms with Crippen LogP contribution in [-0.2, 0) is 23.7 Å². The van der Waals surface area contributed by atoms with Crippen molar-refractivity contribution >= 4 is 20.9 Å². The molecule has 0 bridgehead atoms. The number of ether oxygens (including phenoxy) is 1. The Morgan fingerprint density at radius 1 is 1.12 bits per heavy atom. The number of sulfonamides is 1. The largest absolute Gasteiger partial charge is 0.472 e. The average Bonchev–Trinajstić information content (AvgIpc) is 3.44. The van der Waals surface area contributed by atoms with Crippen molar-refractivity contribution < 1.29 is 13.2 Å². The van der Waals surface area contributed by atoms with Gasteiger partial charge >= 0.3 is 0 Å². The summed E-state index contributed by atoms with van der Waals surface area (Å²) in [4.78, 5) is 4.86. The van der Waals surface area contributed by atoms with E-state index in [4.69, 9.17) is 9.72 Å². The highest BCUT2D eigenvalue weighted by atomic mass is 32.2. The van der Waals surface area contributed by atoms with E-state index in [1.165, 1.54) is 10.6 Å². The maximum absolute atomic E-state index is 11.9. The molecule has 2 aromatic carbocycles. The van der Waals surface area contributed by atoms with E-state index < -0.39 is 10.0 Å². The molecular weight excluding hydrogens is 448 g/mol. The molecule has 1 saturated heterocycles. The molecule has 5 rings (SSSR count). The SMILES string of the molecule is Cc1cc2ccccc2nc1-c1ccc(COc2nn(C)cc2C2CCN(S(C)(=O)=O)C2)cc1. The van der Waals surface area contributed by atoms with Gasteiger partial charge in [-0.15, -0.1) is 5.10 Å². The lowest BCUT2D eigenvalue weighted by Gasteiger charge is -2.13. The fraction of sp³-hybridized carbons (Fsp3) is 0.308. The van der Waals surface area contributed by atoms with Gasteiger partial charge in [-0.25, -0.2) is 17.7 Å². The van der Waals surface area contributed by atoms with Crippen molar-refractivity contribution in [3.8, 4) is 17.1 Å². The number of aryl methyl sites for hydroxylation is 2. The molecule has 1 unspecified atom stereocenters. The number of fused-ring (bicyclic) bond motifs is 1. The summed E-state index contributed by atoms with van der Waals surface area (Å²) < 4.78 is 33.1. The molecule has 176 valence electrons. The standard InChI is InChI=1S/C26H28N4O3S/c1-18-14-21-6-4-5-7-24(21)27-25(18)20-10-8-19(9-11-20)17-33-26-23(16-29(2)28-26)22-12-13-30(15-22)34(3,31)32/h4-11,14,16,22H,12-13,15,17H2,1-3H3. The summed E-state index contributed by atoms with van der Waals surface area (Å²) in [7, 11) is -1.33. The molecule has 1 aliphatic heterocycles. The number of nitrogens with zero attached hydrogens (tertiary/aromatic N) is 4. The van der Waals surface area contributed by atoms with Crippen molar-refractivity contribution in [3.63, 3.8) is 0 Å². The van der Waals surface area contributed by atoms with E-state index in [9.17, 15) is 8.42 Å². The van der Waals surface area contributed by atoms with E-state index in [0.29, 0.717) is 25.6 Å². The zero-order chi connectivity index (χ0) is 23.9. The monoisotopic (exact) mass is 476 g/mol. The summed E-state index contributed by atoms with van der Waals surface area (Å²) in [6.45, 7) is 3.47.